The molecule has 0 saturated carbocycles. The van der Waals surface area contributed by atoms with Crippen LogP contribution in [0, 0.1) is 5.92 Å². The second kappa shape index (κ2) is 7.57. The molecule has 116 valence electrons. The first-order valence-electron chi connectivity index (χ1n) is 7.80. The quantitative estimate of drug-likeness (QED) is 0.845. The van der Waals surface area contributed by atoms with Crippen LogP contribution < -0.4 is 5.73 Å². The minimum Gasteiger partial charge on any atom is -0.460 e. The van der Waals surface area contributed by atoms with Crippen molar-refractivity contribution in [1.82, 2.24) is 4.90 Å². The summed E-state index contributed by atoms with van der Waals surface area (Å²) in [5.74, 6) is 0.259. The van der Waals surface area contributed by atoms with Gasteiger partial charge < -0.3 is 10.5 Å². The number of benzene rings is 1. The number of carbonyl (C=O) groups is 1. The Kier molecular flexibility index (Phi) is 5.76. The van der Waals surface area contributed by atoms with Crippen LogP contribution in [-0.4, -0.2) is 36.1 Å². The molecule has 0 bridgehead atoms. The summed E-state index contributed by atoms with van der Waals surface area (Å²) in [5, 5.41) is 0. The molecule has 1 unspecified atom stereocenters. The highest BCUT2D eigenvalue weighted by Crippen LogP contribution is 2.21. The number of hydrogen-bond donors (Lipinski definition) is 1. The lowest BCUT2D eigenvalue weighted by molar-refractivity contribution is -0.154. The first-order valence-corrected chi connectivity index (χ1v) is 7.80. The van der Waals surface area contributed by atoms with Gasteiger partial charge in [0.05, 0.1) is 0 Å². The van der Waals surface area contributed by atoms with Gasteiger partial charge in [0.25, 0.3) is 0 Å². The lowest BCUT2D eigenvalue weighted by Crippen LogP contribution is -2.45. The van der Waals surface area contributed by atoms with Crippen LogP contribution in [0.2, 0.25) is 0 Å². The number of likely N-dealkylation sites (tertiary alicyclic amines) is 1. The van der Waals surface area contributed by atoms with Gasteiger partial charge in [-0.2, -0.15) is 0 Å². The predicted octanol–water partition coefficient (Wildman–Crippen LogP) is 2.18. The highest BCUT2D eigenvalue weighted by atomic mass is 16.5. The van der Waals surface area contributed by atoms with E-state index in [0.29, 0.717) is 12.3 Å². The Hall–Kier alpha value is -1.39. The smallest absolute Gasteiger partial charge is 0.323 e. The fourth-order valence-electron chi connectivity index (χ4n) is 2.88. The zero-order valence-electron chi connectivity index (χ0n) is 13.0. The van der Waals surface area contributed by atoms with E-state index in [1.165, 1.54) is 5.56 Å². The van der Waals surface area contributed by atoms with Crippen LogP contribution in [0.25, 0.3) is 0 Å². The van der Waals surface area contributed by atoms with Crippen molar-refractivity contribution < 1.29 is 9.53 Å². The van der Waals surface area contributed by atoms with E-state index < -0.39 is 6.04 Å². The van der Waals surface area contributed by atoms with Gasteiger partial charge in [-0.15, -0.1) is 0 Å². The Morgan fingerprint density at radius 3 is 2.76 bits per heavy atom. The van der Waals surface area contributed by atoms with E-state index in [0.717, 1.165) is 26.1 Å². The maximum absolute atomic E-state index is 11.8. The van der Waals surface area contributed by atoms with Crippen molar-refractivity contribution in [1.29, 1.82) is 0 Å². The second-order valence-electron chi connectivity index (χ2n) is 6.09. The maximum Gasteiger partial charge on any atom is 0.323 e. The molecule has 1 aromatic carbocycles. The summed E-state index contributed by atoms with van der Waals surface area (Å²) in [6.07, 6.45) is 1.50. The SMILES string of the molecule is CCC(N)C(=O)O[C@H]1C[C@@H](C)CN(Cc2ccccc2)C1. The number of hydrogen-bond acceptors (Lipinski definition) is 4. The number of rotatable bonds is 5. The van der Waals surface area contributed by atoms with Gasteiger partial charge in [-0.1, -0.05) is 44.2 Å². The van der Waals surface area contributed by atoms with Crippen molar-refractivity contribution in [3.05, 3.63) is 35.9 Å². The Balaban J connectivity index is 1.91. The molecular weight excluding hydrogens is 264 g/mol. The van der Waals surface area contributed by atoms with Gasteiger partial charge in [0, 0.05) is 19.6 Å². The molecule has 0 aliphatic carbocycles. The van der Waals surface area contributed by atoms with Gasteiger partial charge in [-0.25, -0.2) is 0 Å². The molecule has 0 aromatic heterocycles. The molecule has 3 atom stereocenters. The Bertz CT molecular complexity index is 449. The van der Waals surface area contributed by atoms with Crippen LogP contribution in [0.5, 0.6) is 0 Å². The van der Waals surface area contributed by atoms with Gasteiger partial charge in [0.2, 0.25) is 0 Å². The Labute approximate surface area is 127 Å². The summed E-state index contributed by atoms with van der Waals surface area (Å²) in [7, 11) is 0. The molecular formula is C17H26N2O2. The van der Waals surface area contributed by atoms with Crippen LogP contribution in [0.15, 0.2) is 30.3 Å². The molecule has 4 heteroatoms. The van der Waals surface area contributed by atoms with Crippen molar-refractivity contribution in [3.63, 3.8) is 0 Å². The van der Waals surface area contributed by atoms with Crippen molar-refractivity contribution in [3.8, 4) is 0 Å². The lowest BCUT2D eigenvalue weighted by Gasteiger charge is -2.36. The molecule has 1 aromatic rings. The summed E-state index contributed by atoms with van der Waals surface area (Å²) in [5.41, 5.74) is 7.03. The van der Waals surface area contributed by atoms with Crippen molar-refractivity contribution in [2.24, 2.45) is 11.7 Å². The molecule has 0 spiro atoms. The topological polar surface area (TPSA) is 55.6 Å². The minimum absolute atomic E-state index is 0.0393. The van der Waals surface area contributed by atoms with Crippen LogP contribution in [0.1, 0.15) is 32.3 Å². The van der Waals surface area contributed by atoms with Gasteiger partial charge in [-0.3, -0.25) is 9.69 Å². The monoisotopic (exact) mass is 290 g/mol. The Morgan fingerprint density at radius 1 is 1.38 bits per heavy atom. The molecule has 2 N–H and O–H groups in total. The van der Waals surface area contributed by atoms with Crippen LogP contribution >= 0.6 is 0 Å². The van der Waals surface area contributed by atoms with Gasteiger partial charge in [-0.05, 0) is 24.3 Å². The molecule has 21 heavy (non-hydrogen) atoms. The summed E-state index contributed by atoms with van der Waals surface area (Å²) in [6.45, 7) is 6.85. The fraction of sp³-hybridized carbons (Fsp3) is 0.588. The number of carbonyl (C=O) groups excluding carboxylic acids is 1. The van der Waals surface area contributed by atoms with Crippen LogP contribution in [-0.2, 0) is 16.1 Å². The number of esters is 1. The summed E-state index contributed by atoms with van der Waals surface area (Å²) in [4.78, 5) is 14.2. The van der Waals surface area contributed by atoms with E-state index in [1.807, 2.05) is 13.0 Å². The third-order valence-corrected chi connectivity index (χ3v) is 3.97. The van der Waals surface area contributed by atoms with Crippen LogP contribution in [0.3, 0.4) is 0 Å². The van der Waals surface area contributed by atoms with Crippen molar-refractivity contribution >= 4 is 5.97 Å². The highest BCUT2D eigenvalue weighted by molar-refractivity contribution is 5.75. The number of ether oxygens (including phenoxy) is 1. The number of nitrogens with two attached hydrogens (primary N) is 1. The van der Waals surface area contributed by atoms with E-state index in [-0.39, 0.29) is 12.1 Å². The van der Waals surface area contributed by atoms with E-state index >= 15 is 0 Å². The number of nitrogens with zero attached hydrogens (tertiary/aromatic N) is 1. The Morgan fingerprint density at radius 2 is 2.10 bits per heavy atom. The predicted molar refractivity (Wildman–Crippen MR) is 83.6 cm³/mol. The summed E-state index contributed by atoms with van der Waals surface area (Å²) < 4.78 is 5.58. The normalized spacial score (nSPS) is 24.5. The molecule has 1 heterocycles. The van der Waals surface area contributed by atoms with Crippen molar-refractivity contribution in [2.75, 3.05) is 13.1 Å². The maximum atomic E-state index is 11.8. The third-order valence-electron chi connectivity index (χ3n) is 3.97. The zero-order valence-corrected chi connectivity index (χ0v) is 13.0. The largest absolute Gasteiger partial charge is 0.460 e. The molecule has 1 saturated heterocycles. The molecule has 0 radical (unpaired) electrons. The van der Waals surface area contributed by atoms with Gasteiger partial charge in [0.1, 0.15) is 12.1 Å². The molecule has 1 aliphatic rings. The minimum atomic E-state index is -0.496. The number of piperidine rings is 1. The van der Waals surface area contributed by atoms with E-state index in [2.05, 4.69) is 36.1 Å². The van der Waals surface area contributed by atoms with Gasteiger partial charge in [0.15, 0.2) is 0 Å². The molecule has 4 nitrogen and oxygen atoms in total. The molecule has 0 amide bonds. The van der Waals surface area contributed by atoms with E-state index in [1.54, 1.807) is 0 Å². The van der Waals surface area contributed by atoms with E-state index in [9.17, 15) is 4.79 Å². The molecule has 1 aliphatic heterocycles. The molecule has 1 fully saturated rings. The lowest BCUT2D eigenvalue weighted by atomic mass is 9.97. The summed E-state index contributed by atoms with van der Waals surface area (Å²) in [6, 6.07) is 9.91. The van der Waals surface area contributed by atoms with Gasteiger partial charge >= 0.3 is 5.97 Å². The first kappa shape index (κ1) is 16.0. The third kappa shape index (κ3) is 4.83. The standard InChI is InChI=1S/C17H26N2O2/c1-3-16(18)17(20)21-15-9-13(2)10-19(12-15)11-14-7-5-4-6-8-14/h4-8,13,15-16H,3,9-12,18H2,1-2H3/t13-,15+,16?/m1/s1. The average Bonchev–Trinajstić information content (AvgIpc) is 2.46. The fourth-order valence-corrected chi connectivity index (χ4v) is 2.88. The average molecular weight is 290 g/mol. The highest BCUT2D eigenvalue weighted by Gasteiger charge is 2.28. The second-order valence-corrected chi connectivity index (χ2v) is 6.09. The first-order chi connectivity index (χ1) is 10.1. The van der Waals surface area contributed by atoms with E-state index in [4.69, 9.17) is 10.5 Å². The van der Waals surface area contributed by atoms with Crippen molar-refractivity contribution in [2.45, 2.75) is 45.4 Å². The zero-order chi connectivity index (χ0) is 15.2. The summed E-state index contributed by atoms with van der Waals surface area (Å²) >= 11 is 0. The molecule has 2 rings (SSSR count). The van der Waals surface area contributed by atoms with Crippen LogP contribution in [0.4, 0.5) is 0 Å².